The maximum absolute atomic E-state index is 12.3. The first kappa shape index (κ1) is 18.0. The van der Waals surface area contributed by atoms with Gasteiger partial charge >= 0.3 is 11.9 Å². The number of nitrogens with zero attached hydrogens (tertiary/aromatic N) is 1. The molecule has 2 rings (SSSR count). The standard InChI is InChI=1S/C20H17NO4/c1-3-24-19(22)16(13-21)11-15-8-6-9-17(12-15)25-20(23)18-10-5-4-7-14(18)2/h4-12H,3H2,1-2H3/b16-11+. The van der Waals surface area contributed by atoms with Crippen molar-refractivity contribution in [2.24, 2.45) is 0 Å². The number of ether oxygens (including phenoxy) is 2. The Kier molecular flexibility index (Phi) is 6.08. The molecule has 0 fully saturated rings. The van der Waals surface area contributed by atoms with E-state index in [1.54, 1.807) is 43.3 Å². The minimum Gasteiger partial charge on any atom is -0.462 e. The molecule has 0 saturated carbocycles. The van der Waals surface area contributed by atoms with Gasteiger partial charge in [-0.3, -0.25) is 0 Å². The molecule has 0 bridgehead atoms. The van der Waals surface area contributed by atoms with Crippen molar-refractivity contribution in [3.8, 4) is 11.8 Å². The van der Waals surface area contributed by atoms with Crippen LogP contribution in [0, 0.1) is 18.3 Å². The molecular weight excluding hydrogens is 318 g/mol. The minimum absolute atomic E-state index is 0.121. The highest BCUT2D eigenvalue weighted by Gasteiger charge is 2.12. The normalized spacial score (nSPS) is 10.7. The zero-order valence-corrected chi connectivity index (χ0v) is 14.0. The van der Waals surface area contributed by atoms with Crippen molar-refractivity contribution >= 4 is 18.0 Å². The number of esters is 2. The van der Waals surface area contributed by atoms with Gasteiger partial charge in [0.1, 0.15) is 17.4 Å². The molecule has 0 aliphatic carbocycles. The average molecular weight is 335 g/mol. The summed E-state index contributed by atoms with van der Waals surface area (Å²) in [5.41, 5.74) is 1.73. The van der Waals surface area contributed by atoms with E-state index < -0.39 is 11.9 Å². The summed E-state index contributed by atoms with van der Waals surface area (Å²) in [6, 6.07) is 15.5. The fourth-order valence-electron chi connectivity index (χ4n) is 2.14. The molecule has 0 unspecified atom stereocenters. The third-order valence-corrected chi connectivity index (χ3v) is 3.36. The molecule has 0 N–H and O–H groups in total. The van der Waals surface area contributed by atoms with Crippen LogP contribution in [0.2, 0.25) is 0 Å². The predicted octanol–water partition coefficient (Wildman–Crippen LogP) is 3.68. The van der Waals surface area contributed by atoms with Crippen LogP contribution < -0.4 is 4.74 Å². The number of rotatable bonds is 5. The first-order valence-corrected chi connectivity index (χ1v) is 7.72. The van der Waals surface area contributed by atoms with Crippen molar-refractivity contribution in [3.63, 3.8) is 0 Å². The molecule has 0 saturated heterocycles. The zero-order chi connectivity index (χ0) is 18.2. The predicted molar refractivity (Wildman–Crippen MR) is 92.8 cm³/mol. The van der Waals surface area contributed by atoms with Crippen molar-refractivity contribution in [1.29, 1.82) is 5.26 Å². The lowest BCUT2D eigenvalue weighted by Crippen LogP contribution is -2.10. The fraction of sp³-hybridized carbons (Fsp3) is 0.150. The van der Waals surface area contributed by atoms with Crippen LogP contribution in [0.25, 0.3) is 6.08 Å². The largest absolute Gasteiger partial charge is 0.462 e. The Labute approximate surface area is 146 Å². The molecule has 126 valence electrons. The Hall–Kier alpha value is -3.39. The summed E-state index contributed by atoms with van der Waals surface area (Å²) in [6.07, 6.45) is 1.39. The second-order valence-electron chi connectivity index (χ2n) is 5.17. The molecule has 0 aliphatic rings. The summed E-state index contributed by atoms with van der Waals surface area (Å²) in [7, 11) is 0. The highest BCUT2D eigenvalue weighted by Crippen LogP contribution is 2.18. The number of carbonyl (C=O) groups excluding carboxylic acids is 2. The van der Waals surface area contributed by atoms with Gasteiger partial charge in [-0.2, -0.15) is 5.26 Å². The highest BCUT2D eigenvalue weighted by atomic mass is 16.5. The van der Waals surface area contributed by atoms with E-state index in [1.165, 1.54) is 6.08 Å². The van der Waals surface area contributed by atoms with Crippen LogP contribution in [0.3, 0.4) is 0 Å². The summed E-state index contributed by atoms with van der Waals surface area (Å²) in [5, 5.41) is 9.07. The molecule has 0 amide bonds. The van der Waals surface area contributed by atoms with E-state index >= 15 is 0 Å². The summed E-state index contributed by atoms with van der Waals surface area (Å²) in [4.78, 5) is 23.9. The second kappa shape index (κ2) is 8.46. The van der Waals surface area contributed by atoms with Crippen LogP contribution in [-0.4, -0.2) is 18.5 Å². The Morgan fingerprint density at radius 3 is 2.60 bits per heavy atom. The topological polar surface area (TPSA) is 76.4 Å². The third-order valence-electron chi connectivity index (χ3n) is 3.36. The van der Waals surface area contributed by atoms with Crippen LogP contribution in [0.4, 0.5) is 0 Å². The van der Waals surface area contributed by atoms with E-state index in [9.17, 15) is 9.59 Å². The monoisotopic (exact) mass is 335 g/mol. The van der Waals surface area contributed by atoms with Crippen molar-refractivity contribution in [2.75, 3.05) is 6.61 Å². The van der Waals surface area contributed by atoms with Gasteiger partial charge in [0.15, 0.2) is 0 Å². The van der Waals surface area contributed by atoms with Gasteiger partial charge in [0.2, 0.25) is 0 Å². The van der Waals surface area contributed by atoms with Gasteiger partial charge in [-0.15, -0.1) is 0 Å². The van der Waals surface area contributed by atoms with Crippen LogP contribution in [0.15, 0.2) is 54.1 Å². The van der Waals surface area contributed by atoms with E-state index in [4.69, 9.17) is 14.7 Å². The van der Waals surface area contributed by atoms with Crippen LogP contribution in [0.1, 0.15) is 28.4 Å². The summed E-state index contributed by atoms with van der Waals surface area (Å²) < 4.78 is 10.2. The molecule has 2 aromatic carbocycles. The Morgan fingerprint density at radius 2 is 1.92 bits per heavy atom. The summed E-state index contributed by atoms with van der Waals surface area (Å²) >= 11 is 0. The summed E-state index contributed by atoms with van der Waals surface area (Å²) in [6.45, 7) is 3.68. The Balaban J connectivity index is 2.22. The van der Waals surface area contributed by atoms with Gasteiger partial charge in [-0.05, 0) is 49.2 Å². The molecule has 5 nitrogen and oxygen atoms in total. The van der Waals surface area contributed by atoms with Crippen molar-refractivity contribution in [2.45, 2.75) is 13.8 Å². The third kappa shape index (κ3) is 4.79. The van der Waals surface area contributed by atoms with E-state index in [1.807, 2.05) is 25.1 Å². The smallest absolute Gasteiger partial charge is 0.348 e. The quantitative estimate of drug-likeness (QED) is 0.360. The van der Waals surface area contributed by atoms with Gasteiger partial charge in [0.05, 0.1) is 12.2 Å². The van der Waals surface area contributed by atoms with E-state index in [0.717, 1.165) is 5.56 Å². The minimum atomic E-state index is -0.688. The van der Waals surface area contributed by atoms with Crippen molar-refractivity contribution in [1.82, 2.24) is 0 Å². The van der Waals surface area contributed by atoms with Gasteiger partial charge in [-0.1, -0.05) is 30.3 Å². The number of hydrogen-bond donors (Lipinski definition) is 0. The lowest BCUT2D eigenvalue weighted by molar-refractivity contribution is -0.137. The van der Waals surface area contributed by atoms with E-state index in [0.29, 0.717) is 16.9 Å². The molecule has 5 heteroatoms. The Morgan fingerprint density at radius 1 is 1.16 bits per heavy atom. The van der Waals surface area contributed by atoms with Crippen molar-refractivity contribution in [3.05, 3.63) is 70.8 Å². The number of carbonyl (C=O) groups is 2. The highest BCUT2D eigenvalue weighted by molar-refractivity contribution is 5.98. The van der Waals surface area contributed by atoms with Crippen LogP contribution >= 0.6 is 0 Å². The molecular formula is C20H17NO4. The lowest BCUT2D eigenvalue weighted by atomic mass is 10.1. The maximum atomic E-state index is 12.3. The van der Waals surface area contributed by atoms with Crippen molar-refractivity contribution < 1.29 is 19.1 Å². The van der Waals surface area contributed by atoms with Gasteiger partial charge in [-0.25, -0.2) is 9.59 Å². The number of aryl methyl sites for hydroxylation is 1. The molecule has 0 atom stereocenters. The van der Waals surface area contributed by atoms with Gasteiger partial charge in [0.25, 0.3) is 0 Å². The zero-order valence-electron chi connectivity index (χ0n) is 14.0. The fourth-order valence-corrected chi connectivity index (χ4v) is 2.14. The lowest BCUT2D eigenvalue weighted by Gasteiger charge is -2.07. The molecule has 25 heavy (non-hydrogen) atoms. The maximum Gasteiger partial charge on any atom is 0.348 e. The SMILES string of the molecule is CCOC(=O)/C(C#N)=C/c1cccc(OC(=O)c2ccccc2C)c1. The average Bonchev–Trinajstić information content (AvgIpc) is 2.60. The van der Waals surface area contributed by atoms with Crippen LogP contribution in [-0.2, 0) is 9.53 Å². The number of nitriles is 1. The molecule has 0 heterocycles. The first-order valence-electron chi connectivity index (χ1n) is 7.72. The molecule has 0 aliphatic heterocycles. The number of hydrogen-bond acceptors (Lipinski definition) is 5. The second-order valence-corrected chi connectivity index (χ2v) is 5.17. The van der Waals surface area contributed by atoms with E-state index in [2.05, 4.69) is 0 Å². The molecule has 2 aromatic rings. The number of benzene rings is 2. The Bertz CT molecular complexity index is 862. The summed E-state index contributed by atoms with van der Waals surface area (Å²) in [5.74, 6) is -0.833. The van der Waals surface area contributed by atoms with Gasteiger partial charge in [0, 0.05) is 0 Å². The van der Waals surface area contributed by atoms with Gasteiger partial charge < -0.3 is 9.47 Å². The first-order chi connectivity index (χ1) is 12.0. The van der Waals surface area contributed by atoms with Crippen LogP contribution in [0.5, 0.6) is 5.75 Å². The van der Waals surface area contributed by atoms with E-state index in [-0.39, 0.29) is 12.2 Å². The molecule has 0 radical (unpaired) electrons. The molecule has 0 spiro atoms. The molecule has 0 aromatic heterocycles.